The zero-order chi connectivity index (χ0) is 7.56. The van der Waals surface area contributed by atoms with Gasteiger partial charge in [0.2, 0.25) is 0 Å². The van der Waals surface area contributed by atoms with Crippen molar-refractivity contribution in [2.24, 2.45) is 0 Å². The number of hydrogen-bond acceptors (Lipinski definition) is 1. The molecule has 3 heteroatoms. The van der Waals surface area contributed by atoms with Crippen molar-refractivity contribution in [3.05, 3.63) is 35.4 Å². The number of ether oxygens (including phenoxy) is 1. The second-order valence-electron chi connectivity index (χ2n) is 1.75. The summed E-state index contributed by atoms with van der Waals surface area (Å²) in [6.45, 7) is 0. The summed E-state index contributed by atoms with van der Waals surface area (Å²) in [7, 11) is 3.22. The lowest BCUT2D eigenvalue weighted by atomic mass is 10.3. The summed E-state index contributed by atoms with van der Waals surface area (Å²) >= 11 is 11.3. The number of hydrogen-bond donors (Lipinski definition) is 0. The summed E-state index contributed by atoms with van der Waals surface area (Å²) in [4.78, 5) is 0. The zero-order valence-electron chi connectivity index (χ0n) is 5.10. The molecule has 0 atom stereocenters. The van der Waals surface area contributed by atoms with Gasteiger partial charge in [-0.15, -0.1) is 0 Å². The van der Waals surface area contributed by atoms with Crippen molar-refractivity contribution in [3.8, 4) is 5.75 Å². The molecule has 1 rings (SSSR count). The molecule has 0 heterocycles. The minimum atomic E-state index is 0.547. The average molecular weight is 176 g/mol. The van der Waals surface area contributed by atoms with Gasteiger partial charge in [-0.1, -0.05) is 23.2 Å². The summed E-state index contributed by atoms with van der Waals surface area (Å²) in [5.74, 6) is 0.567. The normalized spacial score (nSPS) is 9.50. The van der Waals surface area contributed by atoms with Gasteiger partial charge >= 0.3 is 0 Å². The Morgan fingerprint density at radius 2 is 1.60 bits per heavy atom. The van der Waals surface area contributed by atoms with Gasteiger partial charge in [-0.2, -0.15) is 0 Å². The first-order valence-corrected chi connectivity index (χ1v) is 3.36. The van der Waals surface area contributed by atoms with Crippen LogP contribution in [-0.4, -0.2) is 0 Å². The first-order valence-electron chi connectivity index (χ1n) is 2.60. The highest BCUT2D eigenvalue weighted by molar-refractivity contribution is 6.34. The smallest absolute Gasteiger partial charge is 0.122 e. The predicted octanol–water partition coefficient (Wildman–Crippen LogP) is 3.16. The van der Waals surface area contributed by atoms with Crippen LogP contribution in [0.15, 0.2) is 18.2 Å². The van der Waals surface area contributed by atoms with Gasteiger partial charge in [-0.25, -0.2) is 0 Å². The van der Waals surface area contributed by atoms with E-state index in [1.807, 2.05) is 0 Å². The highest BCUT2D eigenvalue weighted by Crippen LogP contribution is 2.23. The van der Waals surface area contributed by atoms with Crippen LogP contribution >= 0.6 is 23.2 Å². The van der Waals surface area contributed by atoms with E-state index in [-0.39, 0.29) is 0 Å². The topological polar surface area (TPSA) is 9.23 Å². The third-order valence-corrected chi connectivity index (χ3v) is 1.44. The van der Waals surface area contributed by atoms with Gasteiger partial charge in [0.15, 0.2) is 0 Å². The molecule has 0 N–H and O–H groups in total. The molecule has 1 radical (unpaired) electrons. The molecule has 0 unspecified atom stereocenters. The lowest BCUT2D eigenvalue weighted by molar-refractivity contribution is 0.473. The Morgan fingerprint density at radius 1 is 1.10 bits per heavy atom. The maximum absolute atomic E-state index is 5.64. The van der Waals surface area contributed by atoms with Crippen molar-refractivity contribution in [1.82, 2.24) is 0 Å². The fraction of sp³-hybridized carbons (Fsp3) is 0. The minimum Gasteiger partial charge on any atom is -0.490 e. The van der Waals surface area contributed by atoms with E-state index in [4.69, 9.17) is 23.2 Å². The van der Waals surface area contributed by atoms with Crippen molar-refractivity contribution in [2.75, 3.05) is 0 Å². The predicted molar refractivity (Wildman–Crippen MR) is 42.4 cm³/mol. The average Bonchev–Trinajstić information content (AvgIpc) is 1.85. The van der Waals surface area contributed by atoms with E-state index < -0.39 is 0 Å². The Balaban J connectivity index is 3.06. The van der Waals surface area contributed by atoms with Crippen LogP contribution in [0.1, 0.15) is 0 Å². The molecule has 0 fully saturated rings. The number of halogens is 2. The minimum absolute atomic E-state index is 0.547. The third kappa shape index (κ3) is 1.79. The maximum Gasteiger partial charge on any atom is 0.122 e. The van der Waals surface area contributed by atoms with Crippen LogP contribution in [0, 0.1) is 7.11 Å². The summed E-state index contributed by atoms with van der Waals surface area (Å²) in [6, 6.07) is 4.91. The van der Waals surface area contributed by atoms with Gasteiger partial charge in [0.1, 0.15) is 12.9 Å². The Labute approximate surface area is 69.5 Å². The van der Waals surface area contributed by atoms with Crippen LogP contribution in [-0.2, 0) is 0 Å². The molecule has 0 aliphatic rings. The highest BCUT2D eigenvalue weighted by Gasteiger charge is 1.95. The van der Waals surface area contributed by atoms with Crippen LogP contribution < -0.4 is 4.74 Å². The Kier molecular flexibility index (Phi) is 2.41. The van der Waals surface area contributed by atoms with Crippen molar-refractivity contribution < 1.29 is 4.74 Å². The van der Waals surface area contributed by atoms with Crippen molar-refractivity contribution in [3.63, 3.8) is 0 Å². The lowest BCUT2D eigenvalue weighted by Crippen LogP contribution is -1.78. The van der Waals surface area contributed by atoms with E-state index in [1.165, 1.54) is 0 Å². The third-order valence-electron chi connectivity index (χ3n) is 1.00. The van der Waals surface area contributed by atoms with E-state index in [0.717, 1.165) is 0 Å². The Morgan fingerprint density at radius 3 is 2.00 bits per heavy atom. The molecule has 0 saturated carbocycles. The van der Waals surface area contributed by atoms with Gasteiger partial charge in [0.25, 0.3) is 0 Å². The van der Waals surface area contributed by atoms with E-state index in [1.54, 1.807) is 18.2 Å². The molecular weight excluding hydrogens is 171 g/mol. The van der Waals surface area contributed by atoms with Crippen LogP contribution in [0.25, 0.3) is 0 Å². The fourth-order valence-electron chi connectivity index (χ4n) is 0.612. The summed E-state index contributed by atoms with van der Waals surface area (Å²) in [5.41, 5.74) is 0. The Bertz CT molecular complexity index is 215. The molecule has 1 aromatic carbocycles. The molecule has 0 amide bonds. The second-order valence-corrected chi connectivity index (χ2v) is 2.62. The molecule has 0 aliphatic carbocycles. The summed E-state index contributed by atoms with van der Waals surface area (Å²) in [6.07, 6.45) is 0. The molecule has 0 aliphatic heterocycles. The van der Waals surface area contributed by atoms with E-state index in [9.17, 15) is 0 Å². The second kappa shape index (κ2) is 3.13. The molecule has 1 nitrogen and oxygen atoms in total. The molecule has 1 aromatic rings. The summed E-state index contributed by atoms with van der Waals surface area (Å²) < 4.78 is 4.66. The van der Waals surface area contributed by atoms with Crippen LogP contribution in [0.5, 0.6) is 5.75 Å². The quantitative estimate of drug-likeness (QED) is 0.638. The SMILES string of the molecule is [CH2]Oc1cc(Cl)cc(Cl)c1. The van der Waals surface area contributed by atoms with E-state index >= 15 is 0 Å². The van der Waals surface area contributed by atoms with Gasteiger partial charge in [0.05, 0.1) is 0 Å². The fourth-order valence-corrected chi connectivity index (χ4v) is 1.12. The first-order chi connectivity index (χ1) is 4.72. The van der Waals surface area contributed by atoms with Crippen molar-refractivity contribution >= 4 is 23.2 Å². The molecule has 10 heavy (non-hydrogen) atoms. The first kappa shape index (κ1) is 7.70. The molecule has 0 saturated heterocycles. The number of rotatable bonds is 1. The van der Waals surface area contributed by atoms with Gasteiger partial charge in [-0.05, 0) is 18.2 Å². The van der Waals surface area contributed by atoms with Crippen molar-refractivity contribution in [1.29, 1.82) is 0 Å². The van der Waals surface area contributed by atoms with Crippen LogP contribution in [0.2, 0.25) is 10.0 Å². The monoisotopic (exact) mass is 175 g/mol. The van der Waals surface area contributed by atoms with Crippen molar-refractivity contribution in [2.45, 2.75) is 0 Å². The zero-order valence-corrected chi connectivity index (χ0v) is 6.62. The molecule has 0 aromatic heterocycles. The van der Waals surface area contributed by atoms with E-state index in [2.05, 4.69) is 11.8 Å². The molecule has 0 spiro atoms. The largest absolute Gasteiger partial charge is 0.490 e. The maximum atomic E-state index is 5.64. The lowest BCUT2D eigenvalue weighted by Gasteiger charge is -1.99. The van der Waals surface area contributed by atoms with Gasteiger partial charge < -0.3 is 4.74 Å². The summed E-state index contributed by atoms with van der Waals surface area (Å²) in [5, 5.41) is 1.09. The van der Waals surface area contributed by atoms with Gasteiger partial charge in [-0.3, -0.25) is 0 Å². The van der Waals surface area contributed by atoms with Gasteiger partial charge in [0, 0.05) is 10.0 Å². The molecule has 53 valence electrons. The molecule has 0 bridgehead atoms. The van der Waals surface area contributed by atoms with Crippen LogP contribution in [0.4, 0.5) is 0 Å². The van der Waals surface area contributed by atoms with Crippen LogP contribution in [0.3, 0.4) is 0 Å². The Hall–Kier alpha value is -0.400. The molecular formula is C7H5Cl2O. The number of benzene rings is 1. The van der Waals surface area contributed by atoms with E-state index in [0.29, 0.717) is 15.8 Å². The highest BCUT2D eigenvalue weighted by atomic mass is 35.5. The standard InChI is InChI=1S/C7H5Cl2O/c1-10-7-3-5(8)2-6(9)4-7/h2-4H,1H2.